The normalized spacial score (nSPS) is 14.7. The predicted octanol–water partition coefficient (Wildman–Crippen LogP) is 3.57. The molecule has 3 N–H and O–H groups in total. The van der Waals surface area contributed by atoms with Gasteiger partial charge in [-0.15, -0.1) is 0 Å². The lowest BCUT2D eigenvalue weighted by atomic mass is 9.92. The maximum atomic E-state index is 12.7. The highest BCUT2D eigenvalue weighted by molar-refractivity contribution is 5.46. The Kier molecular flexibility index (Phi) is 5.92. The number of rotatable bonds is 6. The van der Waals surface area contributed by atoms with Crippen molar-refractivity contribution in [1.82, 2.24) is 0 Å². The fraction of sp³-hybridized carbons (Fsp3) is 0.571. The van der Waals surface area contributed by atoms with E-state index in [1.54, 1.807) is 0 Å². The van der Waals surface area contributed by atoms with Gasteiger partial charge in [-0.05, 0) is 18.6 Å². The van der Waals surface area contributed by atoms with E-state index in [1.165, 1.54) is 0 Å². The van der Waals surface area contributed by atoms with Crippen LogP contribution in [0.3, 0.4) is 0 Å². The summed E-state index contributed by atoms with van der Waals surface area (Å²) in [6.07, 6.45) is -11.3. The number of hydrogen-bond donors (Lipinski definition) is 3. The van der Waals surface area contributed by atoms with E-state index in [0.717, 1.165) is 18.6 Å². The summed E-state index contributed by atoms with van der Waals surface area (Å²) >= 11 is 0. The Bertz CT molecular complexity index is 483. The van der Waals surface area contributed by atoms with Crippen LogP contribution in [0.1, 0.15) is 25.3 Å². The summed E-state index contributed by atoms with van der Waals surface area (Å²) in [7, 11) is 0. The van der Waals surface area contributed by atoms with Crippen molar-refractivity contribution < 1.29 is 36.6 Å². The van der Waals surface area contributed by atoms with Gasteiger partial charge < -0.3 is 15.5 Å². The Morgan fingerprint density at radius 2 is 1.48 bits per heavy atom. The first-order valence-corrected chi connectivity index (χ1v) is 6.81. The van der Waals surface area contributed by atoms with E-state index >= 15 is 0 Å². The number of aliphatic hydroxyl groups excluding tert-OH is 1. The Morgan fingerprint density at radius 3 is 1.87 bits per heavy atom. The van der Waals surface area contributed by atoms with Gasteiger partial charge in [-0.2, -0.15) is 26.3 Å². The summed E-state index contributed by atoms with van der Waals surface area (Å²) in [5.74, 6) is 0. The fourth-order valence-electron chi connectivity index (χ4n) is 1.99. The molecule has 0 fully saturated rings. The predicted molar refractivity (Wildman–Crippen MR) is 71.9 cm³/mol. The van der Waals surface area contributed by atoms with Crippen LogP contribution in [0.2, 0.25) is 0 Å². The second-order valence-corrected chi connectivity index (χ2v) is 5.11. The second kappa shape index (κ2) is 6.96. The van der Waals surface area contributed by atoms with Gasteiger partial charge in [-0.1, -0.05) is 25.5 Å². The molecule has 3 nitrogen and oxygen atoms in total. The van der Waals surface area contributed by atoms with Crippen LogP contribution >= 0.6 is 0 Å². The second-order valence-electron chi connectivity index (χ2n) is 5.11. The average Bonchev–Trinajstić information content (AvgIpc) is 2.42. The zero-order chi connectivity index (χ0) is 17.9. The molecule has 1 unspecified atom stereocenters. The van der Waals surface area contributed by atoms with E-state index in [9.17, 15) is 36.6 Å². The third-order valence-corrected chi connectivity index (χ3v) is 3.29. The van der Waals surface area contributed by atoms with Crippen LogP contribution in [0.25, 0.3) is 0 Å². The van der Waals surface area contributed by atoms with Crippen molar-refractivity contribution in [3.05, 3.63) is 29.8 Å². The fourth-order valence-corrected chi connectivity index (χ4v) is 1.99. The van der Waals surface area contributed by atoms with Crippen molar-refractivity contribution in [2.45, 2.75) is 43.8 Å². The number of halogens is 6. The number of aliphatic hydroxyl groups is 2. The summed E-state index contributed by atoms with van der Waals surface area (Å²) in [6.45, 7) is 1.96. The number of alkyl halides is 6. The molecular weight excluding hydrogens is 328 g/mol. The van der Waals surface area contributed by atoms with Gasteiger partial charge in [0.15, 0.2) is 0 Å². The lowest BCUT2D eigenvalue weighted by molar-refractivity contribution is -0.376. The highest BCUT2D eigenvalue weighted by Gasteiger charge is 2.71. The van der Waals surface area contributed by atoms with Crippen LogP contribution in [0, 0.1) is 0 Å². The SMILES string of the molecule is CCCC(O)CNc1ccc(C(O)(C(F)(F)F)C(F)(F)F)cc1. The third-order valence-electron chi connectivity index (χ3n) is 3.29. The molecule has 0 aliphatic carbocycles. The first-order valence-electron chi connectivity index (χ1n) is 6.81. The lowest BCUT2D eigenvalue weighted by Crippen LogP contribution is -2.53. The van der Waals surface area contributed by atoms with E-state index in [-0.39, 0.29) is 12.2 Å². The molecule has 1 rings (SSSR count). The van der Waals surface area contributed by atoms with E-state index in [0.29, 0.717) is 18.6 Å². The van der Waals surface area contributed by atoms with Gasteiger partial charge in [-0.25, -0.2) is 0 Å². The zero-order valence-electron chi connectivity index (χ0n) is 12.2. The minimum Gasteiger partial charge on any atom is -0.391 e. The summed E-state index contributed by atoms with van der Waals surface area (Å²) in [5.41, 5.74) is -6.02. The molecule has 0 spiro atoms. The molecule has 0 bridgehead atoms. The minimum atomic E-state index is -5.91. The van der Waals surface area contributed by atoms with Crippen LogP contribution in [0.4, 0.5) is 32.0 Å². The molecule has 0 heterocycles. The van der Waals surface area contributed by atoms with E-state index < -0.39 is 29.6 Å². The van der Waals surface area contributed by atoms with Crippen LogP contribution in [0.15, 0.2) is 24.3 Å². The molecule has 1 aromatic rings. The highest BCUT2D eigenvalue weighted by atomic mass is 19.4. The Morgan fingerprint density at radius 1 is 1.00 bits per heavy atom. The summed E-state index contributed by atoms with van der Waals surface area (Å²) < 4.78 is 76.2. The highest BCUT2D eigenvalue weighted by Crippen LogP contribution is 2.50. The third kappa shape index (κ3) is 4.29. The van der Waals surface area contributed by atoms with Crippen LogP contribution in [-0.2, 0) is 5.60 Å². The van der Waals surface area contributed by atoms with Gasteiger partial charge in [0.25, 0.3) is 5.60 Å². The maximum Gasteiger partial charge on any atom is 0.430 e. The number of hydrogen-bond acceptors (Lipinski definition) is 3. The standard InChI is InChI=1S/C14H17F6NO2/c1-2-3-11(22)8-21-10-6-4-9(5-7-10)12(23,13(15,16)17)14(18,19)20/h4-7,11,21-23H,2-3,8H2,1H3. The molecule has 1 aromatic carbocycles. The number of anilines is 1. The monoisotopic (exact) mass is 345 g/mol. The molecule has 0 aliphatic heterocycles. The Labute approximate surface area is 128 Å². The van der Waals surface area contributed by atoms with Crippen molar-refractivity contribution in [3.63, 3.8) is 0 Å². The van der Waals surface area contributed by atoms with Crippen molar-refractivity contribution >= 4 is 5.69 Å². The van der Waals surface area contributed by atoms with E-state index in [1.807, 2.05) is 6.92 Å². The lowest BCUT2D eigenvalue weighted by Gasteiger charge is -2.32. The molecule has 0 saturated heterocycles. The molecule has 132 valence electrons. The Hall–Kier alpha value is -1.48. The molecule has 0 aliphatic rings. The summed E-state index contributed by atoms with van der Waals surface area (Å²) in [4.78, 5) is 0. The van der Waals surface area contributed by atoms with Gasteiger partial charge in [0.05, 0.1) is 6.10 Å². The zero-order valence-corrected chi connectivity index (χ0v) is 12.2. The van der Waals surface area contributed by atoms with Gasteiger partial charge in [0.1, 0.15) is 0 Å². The molecule has 1 atom stereocenters. The van der Waals surface area contributed by atoms with Gasteiger partial charge in [-0.3, -0.25) is 0 Å². The van der Waals surface area contributed by atoms with Crippen molar-refractivity contribution in [1.29, 1.82) is 0 Å². The maximum absolute atomic E-state index is 12.7. The van der Waals surface area contributed by atoms with Crippen LogP contribution < -0.4 is 5.32 Å². The number of benzene rings is 1. The molecule has 23 heavy (non-hydrogen) atoms. The van der Waals surface area contributed by atoms with Crippen molar-refractivity contribution in [2.75, 3.05) is 11.9 Å². The van der Waals surface area contributed by atoms with Crippen molar-refractivity contribution in [3.8, 4) is 0 Å². The first-order chi connectivity index (χ1) is 10.4. The largest absolute Gasteiger partial charge is 0.430 e. The van der Waals surface area contributed by atoms with E-state index in [2.05, 4.69) is 5.32 Å². The molecule has 9 heteroatoms. The summed E-state index contributed by atoms with van der Waals surface area (Å²) in [6, 6.07) is 3.07. The first kappa shape index (κ1) is 19.6. The minimum absolute atomic E-state index is 0.107. The molecule has 0 saturated carbocycles. The van der Waals surface area contributed by atoms with Crippen LogP contribution in [-0.4, -0.2) is 35.2 Å². The quantitative estimate of drug-likeness (QED) is 0.691. The molecule has 0 amide bonds. The van der Waals surface area contributed by atoms with Crippen molar-refractivity contribution in [2.24, 2.45) is 0 Å². The molecule has 0 aromatic heterocycles. The van der Waals surface area contributed by atoms with Gasteiger partial charge in [0, 0.05) is 17.8 Å². The Balaban J connectivity index is 2.97. The van der Waals surface area contributed by atoms with Gasteiger partial charge in [0.2, 0.25) is 0 Å². The van der Waals surface area contributed by atoms with Crippen LogP contribution in [0.5, 0.6) is 0 Å². The molecular formula is C14H17F6NO2. The summed E-state index contributed by atoms with van der Waals surface area (Å²) in [5, 5.41) is 21.4. The smallest absolute Gasteiger partial charge is 0.391 e. The molecule has 0 radical (unpaired) electrons. The van der Waals surface area contributed by atoms with E-state index in [4.69, 9.17) is 0 Å². The average molecular weight is 345 g/mol. The topological polar surface area (TPSA) is 52.5 Å². The number of nitrogens with one attached hydrogen (secondary N) is 1. The van der Waals surface area contributed by atoms with Gasteiger partial charge >= 0.3 is 12.4 Å².